The van der Waals surface area contributed by atoms with E-state index in [1.54, 1.807) is 23.5 Å². The normalized spacial score (nSPS) is 12.7. The van der Waals surface area contributed by atoms with Crippen LogP contribution >= 0.6 is 34.5 Å². The second-order valence-electron chi connectivity index (χ2n) is 3.83. The molecule has 2 aromatic rings. The third kappa shape index (κ3) is 2.80. The Bertz CT molecular complexity index is 525. The molecule has 0 radical (unpaired) electrons. The molecule has 0 fully saturated rings. The lowest BCUT2D eigenvalue weighted by Gasteiger charge is -2.03. The van der Waals surface area contributed by atoms with Crippen LogP contribution in [-0.4, -0.2) is 11.5 Å². The topological polar surface area (TPSA) is 38.9 Å². The summed E-state index contributed by atoms with van der Waals surface area (Å²) in [5.74, 6) is 0.270. The van der Waals surface area contributed by atoms with Crippen molar-refractivity contribution in [2.45, 2.75) is 12.8 Å². The van der Waals surface area contributed by atoms with E-state index in [4.69, 9.17) is 28.9 Å². The van der Waals surface area contributed by atoms with Crippen LogP contribution in [0.15, 0.2) is 23.6 Å². The monoisotopic (exact) mass is 286 g/mol. The van der Waals surface area contributed by atoms with Gasteiger partial charge in [0, 0.05) is 28.4 Å². The van der Waals surface area contributed by atoms with Crippen molar-refractivity contribution in [2.75, 3.05) is 6.54 Å². The van der Waals surface area contributed by atoms with E-state index in [1.807, 2.05) is 11.4 Å². The zero-order chi connectivity index (χ0) is 12.4. The lowest BCUT2D eigenvalue weighted by atomic mass is 10.1. The second-order valence-corrected chi connectivity index (χ2v) is 5.57. The van der Waals surface area contributed by atoms with Gasteiger partial charge in [-0.2, -0.15) is 0 Å². The highest BCUT2D eigenvalue weighted by molar-refractivity contribution is 7.10. The van der Waals surface area contributed by atoms with Crippen LogP contribution in [0.3, 0.4) is 0 Å². The summed E-state index contributed by atoms with van der Waals surface area (Å²) >= 11 is 13.7. The Kier molecular flexibility index (Phi) is 4.05. The van der Waals surface area contributed by atoms with E-state index in [0.29, 0.717) is 16.6 Å². The van der Waals surface area contributed by atoms with Crippen molar-refractivity contribution in [1.82, 2.24) is 4.98 Å². The molecule has 0 aliphatic rings. The fraction of sp³-hybridized carbons (Fsp3) is 0.250. The smallest absolute Gasteiger partial charge is 0.0973 e. The molecule has 2 N–H and O–H groups in total. The number of aromatic nitrogens is 1. The van der Waals surface area contributed by atoms with Crippen molar-refractivity contribution in [1.29, 1.82) is 0 Å². The third-order valence-corrected chi connectivity index (χ3v) is 4.14. The van der Waals surface area contributed by atoms with Crippen molar-refractivity contribution < 1.29 is 0 Å². The molecule has 2 nitrogen and oxygen atoms in total. The highest BCUT2D eigenvalue weighted by atomic mass is 35.5. The molecule has 0 saturated heterocycles. The van der Waals surface area contributed by atoms with Gasteiger partial charge in [0.25, 0.3) is 0 Å². The average Bonchev–Trinajstić information content (AvgIpc) is 2.80. The average molecular weight is 287 g/mol. The molecule has 1 aromatic heterocycles. The van der Waals surface area contributed by atoms with Gasteiger partial charge in [-0.25, -0.2) is 4.98 Å². The van der Waals surface area contributed by atoms with Crippen molar-refractivity contribution >= 4 is 34.5 Å². The molecule has 1 heterocycles. The molecule has 0 spiro atoms. The molecule has 1 aromatic carbocycles. The van der Waals surface area contributed by atoms with Gasteiger partial charge in [0.2, 0.25) is 0 Å². The molecule has 90 valence electrons. The van der Waals surface area contributed by atoms with E-state index < -0.39 is 0 Å². The zero-order valence-corrected chi connectivity index (χ0v) is 11.6. The minimum atomic E-state index is 0.270. The summed E-state index contributed by atoms with van der Waals surface area (Å²) in [5.41, 5.74) is 7.35. The van der Waals surface area contributed by atoms with E-state index in [-0.39, 0.29) is 5.92 Å². The molecule has 17 heavy (non-hydrogen) atoms. The predicted octanol–water partition coefficient (Wildman–Crippen LogP) is 4.18. The van der Waals surface area contributed by atoms with E-state index in [2.05, 4.69) is 11.9 Å². The number of hydrogen-bond donors (Lipinski definition) is 1. The quantitative estimate of drug-likeness (QED) is 0.919. The van der Waals surface area contributed by atoms with Crippen LogP contribution in [0.1, 0.15) is 17.8 Å². The Morgan fingerprint density at radius 1 is 1.41 bits per heavy atom. The minimum absolute atomic E-state index is 0.270. The highest BCUT2D eigenvalue weighted by Gasteiger charge is 2.12. The van der Waals surface area contributed by atoms with E-state index in [0.717, 1.165) is 16.3 Å². The number of nitrogens with zero attached hydrogens (tertiary/aromatic N) is 1. The van der Waals surface area contributed by atoms with E-state index in [1.165, 1.54) is 0 Å². The first-order chi connectivity index (χ1) is 8.11. The van der Waals surface area contributed by atoms with Crippen molar-refractivity contribution in [3.05, 3.63) is 38.6 Å². The molecule has 0 saturated carbocycles. The van der Waals surface area contributed by atoms with Gasteiger partial charge >= 0.3 is 0 Å². The summed E-state index contributed by atoms with van der Waals surface area (Å²) in [4.78, 5) is 4.55. The lowest BCUT2D eigenvalue weighted by Crippen LogP contribution is -2.08. The number of rotatable bonds is 3. The van der Waals surface area contributed by atoms with Gasteiger partial charge in [0.1, 0.15) is 0 Å². The molecule has 0 bridgehead atoms. The Morgan fingerprint density at radius 3 is 2.88 bits per heavy atom. The summed E-state index contributed by atoms with van der Waals surface area (Å²) in [6.45, 7) is 2.65. The maximum atomic E-state index is 6.13. The maximum absolute atomic E-state index is 6.13. The highest BCUT2D eigenvalue weighted by Crippen LogP contribution is 2.32. The molecule has 0 aliphatic carbocycles. The standard InChI is InChI=1S/C12H12Cl2N2S/c1-7(5-15)12-16-11(6-17-12)9-4-8(13)2-3-10(9)14/h2-4,6-7H,5,15H2,1H3. The molecule has 5 heteroatoms. The van der Waals surface area contributed by atoms with Gasteiger partial charge in [-0.1, -0.05) is 30.1 Å². The Hall–Kier alpha value is -0.610. The fourth-order valence-corrected chi connectivity index (χ4v) is 2.71. The van der Waals surface area contributed by atoms with E-state index >= 15 is 0 Å². The van der Waals surface area contributed by atoms with Gasteiger partial charge in [-0.15, -0.1) is 11.3 Å². The van der Waals surface area contributed by atoms with Gasteiger partial charge in [0.05, 0.1) is 15.7 Å². The number of nitrogens with two attached hydrogens (primary N) is 1. The van der Waals surface area contributed by atoms with Crippen LogP contribution in [0, 0.1) is 0 Å². The number of hydrogen-bond acceptors (Lipinski definition) is 3. The summed E-state index contributed by atoms with van der Waals surface area (Å²) in [6.07, 6.45) is 0. The molecule has 1 atom stereocenters. The number of benzene rings is 1. The first kappa shape index (κ1) is 12.8. The van der Waals surface area contributed by atoms with Crippen molar-refractivity contribution in [2.24, 2.45) is 5.73 Å². The molecular weight excluding hydrogens is 275 g/mol. The molecule has 0 amide bonds. The largest absolute Gasteiger partial charge is 0.330 e. The predicted molar refractivity (Wildman–Crippen MR) is 75.0 cm³/mol. The van der Waals surface area contributed by atoms with Crippen molar-refractivity contribution in [3.8, 4) is 11.3 Å². The van der Waals surface area contributed by atoms with Gasteiger partial charge in [-0.05, 0) is 18.2 Å². The van der Waals surface area contributed by atoms with E-state index in [9.17, 15) is 0 Å². The third-order valence-electron chi connectivity index (χ3n) is 2.50. The van der Waals surface area contributed by atoms with Crippen LogP contribution in [0.4, 0.5) is 0 Å². The molecule has 1 unspecified atom stereocenters. The van der Waals surface area contributed by atoms with Gasteiger partial charge in [0.15, 0.2) is 0 Å². The van der Waals surface area contributed by atoms with Crippen LogP contribution in [0.2, 0.25) is 10.0 Å². The first-order valence-corrected chi connectivity index (χ1v) is 6.86. The maximum Gasteiger partial charge on any atom is 0.0973 e. The van der Waals surface area contributed by atoms with Crippen LogP contribution in [-0.2, 0) is 0 Å². The fourth-order valence-electron chi connectivity index (χ4n) is 1.43. The number of thiazole rings is 1. The summed E-state index contributed by atoms with van der Waals surface area (Å²) < 4.78 is 0. The summed E-state index contributed by atoms with van der Waals surface area (Å²) in [5, 5.41) is 4.33. The second kappa shape index (κ2) is 5.36. The lowest BCUT2D eigenvalue weighted by molar-refractivity contribution is 0.766. The van der Waals surface area contributed by atoms with Crippen LogP contribution < -0.4 is 5.73 Å². The molecule has 0 aliphatic heterocycles. The van der Waals surface area contributed by atoms with Crippen LogP contribution in [0.25, 0.3) is 11.3 Å². The van der Waals surface area contributed by atoms with Crippen molar-refractivity contribution in [3.63, 3.8) is 0 Å². The minimum Gasteiger partial charge on any atom is -0.330 e. The van der Waals surface area contributed by atoms with Crippen LogP contribution in [0.5, 0.6) is 0 Å². The summed E-state index contributed by atoms with van der Waals surface area (Å²) in [6, 6.07) is 5.38. The van der Waals surface area contributed by atoms with Gasteiger partial charge < -0.3 is 5.73 Å². The van der Waals surface area contributed by atoms with Gasteiger partial charge in [-0.3, -0.25) is 0 Å². The molecule has 2 rings (SSSR count). The SMILES string of the molecule is CC(CN)c1nc(-c2cc(Cl)ccc2Cl)cs1. The Labute approximate surface area is 114 Å². The zero-order valence-electron chi connectivity index (χ0n) is 9.28. The summed E-state index contributed by atoms with van der Waals surface area (Å²) in [7, 11) is 0. The number of halogens is 2. The molecular formula is C12H12Cl2N2S. The Morgan fingerprint density at radius 2 is 2.18 bits per heavy atom. The Balaban J connectivity index is 2.40. The first-order valence-electron chi connectivity index (χ1n) is 5.22.